The number of phenolic OH excluding ortho intramolecular Hbond substituents is 1. The van der Waals surface area contributed by atoms with Crippen molar-refractivity contribution >= 4 is 57.5 Å². The molecule has 10 heteroatoms. The molecule has 0 spiro atoms. The van der Waals surface area contributed by atoms with Gasteiger partial charge < -0.3 is 24.7 Å². The van der Waals surface area contributed by atoms with Crippen molar-refractivity contribution in [2.24, 2.45) is 0 Å². The number of piperidine rings is 1. The van der Waals surface area contributed by atoms with Gasteiger partial charge in [0.05, 0.1) is 5.56 Å². The molecule has 1 fully saturated rings. The summed E-state index contributed by atoms with van der Waals surface area (Å²) in [6.45, 7) is 0.833. The van der Waals surface area contributed by atoms with Gasteiger partial charge in [0, 0.05) is 37.3 Å². The molecule has 0 bridgehead atoms. The maximum absolute atomic E-state index is 14.4. The summed E-state index contributed by atoms with van der Waals surface area (Å²) >= 11 is 0. The molecule has 1 saturated heterocycles. The molecule has 6 aromatic rings. The number of hydrogen-bond acceptors (Lipinski definition) is 5. The van der Waals surface area contributed by atoms with E-state index < -0.39 is 24.9 Å². The van der Waals surface area contributed by atoms with E-state index in [9.17, 15) is 33.8 Å². The summed E-state index contributed by atoms with van der Waals surface area (Å²) in [4.78, 5) is 66.8. The second kappa shape index (κ2) is 13.2. The Morgan fingerprint density at radius 2 is 1.30 bits per heavy atom. The van der Waals surface area contributed by atoms with Crippen LogP contribution in [0.4, 0.5) is 0 Å². The van der Waals surface area contributed by atoms with Crippen LogP contribution < -0.4 is 0 Å². The van der Waals surface area contributed by atoms with Gasteiger partial charge in [-0.15, -0.1) is 0 Å². The first-order chi connectivity index (χ1) is 24.0. The standard InChI is InChI=1S/C40H35N2O7P/c1-41(31-17-19-42(20-18-31)39(45)30-14-13-29-22-32(43)16-15-28(29)21-30)40(46)36-24-27-9-3-2-8-26(27)23-35(36)37(44)38(50(47,48)49)34-12-6-10-25-7-4-5-11-33(25)34/h2-16,21-24,31,38,43H,17-20H2,1H3,(H2,47,48,49). The Morgan fingerprint density at radius 3 is 2.00 bits per heavy atom. The summed E-state index contributed by atoms with van der Waals surface area (Å²) in [6, 6.07) is 32.7. The Hall–Kier alpha value is -5.34. The van der Waals surface area contributed by atoms with Gasteiger partial charge in [-0.25, -0.2) is 0 Å². The van der Waals surface area contributed by atoms with Gasteiger partial charge in [-0.3, -0.25) is 18.9 Å². The highest BCUT2D eigenvalue weighted by molar-refractivity contribution is 7.53. The Bertz CT molecular complexity index is 2350. The Kier molecular flexibility index (Phi) is 8.74. The Morgan fingerprint density at radius 1 is 0.720 bits per heavy atom. The van der Waals surface area contributed by atoms with Gasteiger partial charge in [-0.2, -0.15) is 0 Å². The zero-order valence-corrected chi connectivity index (χ0v) is 28.2. The van der Waals surface area contributed by atoms with Crippen LogP contribution in [0.2, 0.25) is 0 Å². The molecule has 1 aliphatic heterocycles. The zero-order chi connectivity index (χ0) is 35.2. The van der Waals surface area contributed by atoms with E-state index in [2.05, 4.69) is 0 Å². The normalized spacial score (nSPS) is 14.6. The number of likely N-dealkylation sites (tertiary alicyclic amines) is 1. The summed E-state index contributed by atoms with van der Waals surface area (Å²) < 4.78 is 13.1. The number of carbonyl (C=O) groups excluding carboxylic acids is 3. The van der Waals surface area contributed by atoms with Crippen LogP contribution >= 0.6 is 7.60 Å². The minimum atomic E-state index is -5.07. The largest absolute Gasteiger partial charge is 0.508 e. The van der Waals surface area contributed by atoms with Crippen LogP contribution in [0.25, 0.3) is 32.3 Å². The van der Waals surface area contributed by atoms with Crippen LogP contribution in [-0.2, 0) is 4.57 Å². The quantitative estimate of drug-likeness (QED) is 0.118. The van der Waals surface area contributed by atoms with Crippen LogP contribution in [-0.4, -0.2) is 68.5 Å². The lowest BCUT2D eigenvalue weighted by Gasteiger charge is -2.37. The van der Waals surface area contributed by atoms with Gasteiger partial charge in [-0.05, 0) is 87.1 Å². The minimum absolute atomic E-state index is 0.0564. The molecule has 6 aromatic carbocycles. The molecule has 7 rings (SSSR count). The van der Waals surface area contributed by atoms with Crippen LogP contribution in [0, 0.1) is 0 Å². The highest BCUT2D eigenvalue weighted by atomic mass is 31.2. The van der Waals surface area contributed by atoms with Crippen LogP contribution in [0.1, 0.15) is 55.1 Å². The fraction of sp³-hybridized carbons (Fsp3) is 0.175. The fourth-order valence-electron chi connectivity index (χ4n) is 7.09. The molecule has 50 heavy (non-hydrogen) atoms. The first-order valence-electron chi connectivity index (χ1n) is 16.4. The van der Waals surface area contributed by atoms with Crippen LogP contribution in [0.3, 0.4) is 0 Å². The highest BCUT2D eigenvalue weighted by Crippen LogP contribution is 2.55. The SMILES string of the molecule is CN(C(=O)c1cc2ccccc2cc1C(=O)C(c1cccc2ccccc12)P(=O)(O)O)C1CCN(C(=O)c2ccc3cc(O)ccc3c2)CC1. The minimum Gasteiger partial charge on any atom is -0.508 e. The third-order valence-electron chi connectivity index (χ3n) is 9.77. The number of ketones is 1. The van der Waals surface area contributed by atoms with Crippen molar-refractivity contribution in [3.8, 4) is 5.75 Å². The number of aromatic hydroxyl groups is 1. The van der Waals surface area contributed by atoms with E-state index in [0.29, 0.717) is 47.7 Å². The molecule has 3 N–H and O–H groups in total. The molecule has 1 heterocycles. The smallest absolute Gasteiger partial charge is 0.340 e. The Balaban J connectivity index is 1.17. The van der Waals surface area contributed by atoms with Crippen molar-refractivity contribution < 1.29 is 33.8 Å². The molecule has 9 nitrogen and oxygen atoms in total. The fourth-order valence-corrected chi connectivity index (χ4v) is 8.13. The zero-order valence-electron chi connectivity index (χ0n) is 27.3. The molecule has 2 amide bonds. The second-order valence-electron chi connectivity index (χ2n) is 12.9. The number of hydrogen-bond donors (Lipinski definition) is 3. The predicted octanol–water partition coefficient (Wildman–Crippen LogP) is 7.33. The Labute approximate surface area is 288 Å². The van der Waals surface area contributed by atoms with Crippen molar-refractivity contribution in [3.63, 3.8) is 0 Å². The maximum atomic E-state index is 14.4. The van der Waals surface area contributed by atoms with Gasteiger partial charge in [0.2, 0.25) is 0 Å². The summed E-state index contributed by atoms with van der Waals surface area (Å²) in [6.07, 6.45) is 1.01. The summed E-state index contributed by atoms with van der Waals surface area (Å²) in [7, 11) is -3.40. The van der Waals surface area contributed by atoms with Gasteiger partial charge in [0.15, 0.2) is 5.78 Å². The molecule has 0 saturated carbocycles. The van der Waals surface area contributed by atoms with Gasteiger partial charge >= 0.3 is 7.60 Å². The molecular formula is C40H35N2O7P. The third-order valence-corrected chi connectivity index (χ3v) is 11.0. The highest BCUT2D eigenvalue weighted by Gasteiger charge is 2.41. The second-order valence-corrected chi connectivity index (χ2v) is 14.5. The lowest BCUT2D eigenvalue weighted by Crippen LogP contribution is -2.47. The van der Waals surface area contributed by atoms with Crippen molar-refractivity contribution in [2.75, 3.05) is 20.1 Å². The average molecular weight is 687 g/mol. The third kappa shape index (κ3) is 6.27. The van der Waals surface area contributed by atoms with E-state index >= 15 is 0 Å². The van der Waals surface area contributed by atoms with Crippen molar-refractivity contribution in [2.45, 2.75) is 24.5 Å². The number of carbonyl (C=O) groups is 3. The van der Waals surface area contributed by atoms with E-state index in [1.807, 2.05) is 30.3 Å². The molecule has 252 valence electrons. The lowest BCUT2D eigenvalue weighted by molar-refractivity contribution is 0.0567. The number of Topliss-reactive ketones (excluding diaryl/α,β-unsaturated/α-hetero) is 1. The molecule has 0 radical (unpaired) electrons. The van der Waals surface area contributed by atoms with E-state index in [1.54, 1.807) is 102 Å². The van der Waals surface area contributed by atoms with Gasteiger partial charge in [0.1, 0.15) is 11.4 Å². The molecule has 1 unspecified atom stereocenters. The number of benzene rings is 6. The van der Waals surface area contributed by atoms with E-state index in [0.717, 1.165) is 16.2 Å². The first kappa shape index (κ1) is 33.2. The number of rotatable bonds is 7. The summed E-state index contributed by atoms with van der Waals surface area (Å²) in [5, 5.41) is 14.1. The molecule has 0 aliphatic carbocycles. The van der Waals surface area contributed by atoms with E-state index in [1.165, 1.54) is 0 Å². The van der Waals surface area contributed by atoms with Crippen LogP contribution in [0.5, 0.6) is 5.75 Å². The molecule has 0 aromatic heterocycles. The van der Waals surface area contributed by atoms with Gasteiger partial charge in [0.25, 0.3) is 11.8 Å². The summed E-state index contributed by atoms with van der Waals surface area (Å²) in [5.41, 5.74) is -1.07. The average Bonchev–Trinajstić information content (AvgIpc) is 3.12. The first-order valence-corrected chi connectivity index (χ1v) is 18.1. The summed E-state index contributed by atoms with van der Waals surface area (Å²) in [5.74, 6) is -1.23. The van der Waals surface area contributed by atoms with Crippen molar-refractivity contribution in [1.29, 1.82) is 0 Å². The maximum Gasteiger partial charge on any atom is 0.340 e. The molecule has 1 aliphatic rings. The van der Waals surface area contributed by atoms with Crippen LogP contribution in [0.15, 0.2) is 115 Å². The lowest BCUT2D eigenvalue weighted by atomic mass is 9.91. The topological polar surface area (TPSA) is 135 Å². The van der Waals surface area contributed by atoms with E-state index in [4.69, 9.17) is 0 Å². The van der Waals surface area contributed by atoms with E-state index in [-0.39, 0.29) is 34.4 Å². The number of amides is 2. The molecule has 1 atom stereocenters. The van der Waals surface area contributed by atoms with Gasteiger partial charge in [-0.1, -0.05) is 78.9 Å². The number of phenols is 1. The number of fused-ring (bicyclic) bond motifs is 3. The van der Waals surface area contributed by atoms with Crippen molar-refractivity contribution in [3.05, 3.63) is 138 Å². The predicted molar refractivity (Wildman–Crippen MR) is 194 cm³/mol. The molecular weight excluding hydrogens is 651 g/mol. The monoisotopic (exact) mass is 686 g/mol. The number of nitrogens with zero attached hydrogens (tertiary/aromatic N) is 2. The van der Waals surface area contributed by atoms with Crippen molar-refractivity contribution in [1.82, 2.24) is 9.80 Å².